The van der Waals surface area contributed by atoms with Crippen LogP contribution in [0.15, 0.2) is 49.1 Å². The molecule has 0 amide bonds. The Morgan fingerprint density at radius 3 is 2.86 bits per heavy atom. The van der Waals surface area contributed by atoms with Crippen LogP contribution in [0.5, 0.6) is 0 Å². The third kappa shape index (κ3) is 3.11. The summed E-state index contributed by atoms with van der Waals surface area (Å²) in [6, 6.07) is 8.35. The van der Waals surface area contributed by atoms with Crippen molar-refractivity contribution in [2.45, 2.75) is 32.4 Å². The molecule has 2 N–H and O–H groups in total. The lowest BCUT2D eigenvalue weighted by atomic mass is 10.1. The Labute approximate surface area is 124 Å². The zero-order valence-electron chi connectivity index (χ0n) is 12.2. The first-order valence-electron chi connectivity index (χ1n) is 7.31. The Morgan fingerprint density at radius 2 is 2.10 bits per heavy atom. The molecule has 0 spiro atoms. The highest BCUT2D eigenvalue weighted by Gasteiger charge is 2.10. The summed E-state index contributed by atoms with van der Waals surface area (Å²) in [5, 5.41) is 1.21. The number of aromatic nitrogens is 3. The monoisotopic (exact) mass is 280 g/mol. The fourth-order valence-corrected chi connectivity index (χ4v) is 2.67. The molecular formula is C17H20N4. The standard InChI is InChI=1S/C17H20N4/c1-13(18)10-15-12-21(17-16(15)5-3-8-20-17)9-6-14-4-2-7-19-11-14/h2-5,7-8,11-13H,6,9-10,18H2,1H3. The van der Waals surface area contributed by atoms with Crippen molar-refractivity contribution in [3.63, 3.8) is 0 Å². The minimum atomic E-state index is 0.155. The van der Waals surface area contributed by atoms with Crippen molar-refractivity contribution in [1.82, 2.24) is 14.5 Å². The maximum absolute atomic E-state index is 5.95. The van der Waals surface area contributed by atoms with Gasteiger partial charge in [0, 0.05) is 42.8 Å². The molecule has 3 rings (SSSR count). The van der Waals surface area contributed by atoms with E-state index in [4.69, 9.17) is 5.73 Å². The minimum Gasteiger partial charge on any atom is -0.332 e. The van der Waals surface area contributed by atoms with Gasteiger partial charge in [-0.2, -0.15) is 0 Å². The van der Waals surface area contributed by atoms with Crippen LogP contribution in [-0.2, 0) is 19.4 Å². The minimum absolute atomic E-state index is 0.155. The number of hydrogen-bond acceptors (Lipinski definition) is 3. The van der Waals surface area contributed by atoms with Crippen LogP contribution < -0.4 is 5.73 Å². The Bertz CT molecular complexity index is 716. The molecule has 3 heterocycles. The summed E-state index contributed by atoms with van der Waals surface area (Å²) in [7, 11) is 0. The van der Waals surface area contributed by atoms with Crippen molar-refractivity contribution in [3.05, 3.63) is 60.2 Å². The fraction of sp³-hybridized carbons (Fsp3) is 0.294. The summed E-state index contributed by atoms with van der Waals surface area (Å²) < 4.78 is 2.22. The quantitative estimate of drug-likeness (QED) is 0.781. The fourth-order valence-electron chi connectivity index (χ4n) is 2.67. The van der Waals surface area contributed by atoms with Gasteiger partial charge in [0.05, 0.1) is 0 Å². The van der Waals surface area contributed by atoms with Gasteiger partial charge in [-0.3, -0.25) is 4.98 Å². The second-order valence-corrected chi connectivity index (χ2v) is 5.51. The van der Waals surface area contributed by atoms with Crippen molar-refractivity contribution in [1.29, 1.82) is 0 Å². The van der Waals surface area contributed by atoms with E-state index in [1.807, 2.05) is 31.5 Å². The van der Waals surface area contributed by atoms with Gasteiger partial charge in [0.1, 0.15) is 5.65 Å². The van der Waals surface area contributed by atoms with Crippen LogP contribution in [0.4, 0.5) is 0 Å². The van der Waals surface area contributed by atoms with Crippen LogP contribution in [0.3, 0.4) is 0 Å². The Balaban J connectivity index is 1.88. The second-order valence-electron chi connectivity index (χ2n) is 5.51. The van der Waals surface area contributed by atoms with Crippen LogP contribution in [-0.4, -0.2) is 20.6 Å². The molecule has 1 atom stereocenters. The number of aryl methyl sites for hydroxylation is 2. The van der Waals surface area contributed by atoms with Crippen molar-refractivity contribution in [3.8, 4) is 0 Å². The molecule has 108 valence electrons. The van der Waals surface area contributed by atoms with Gasteiger partial charge in [0.2, 0.25) is 0 Å². The summed E-state index contributed by atoms with van der Waals surface area (Å²) in [5.41, 5.74) is 9.51. The molecule has 4 heteroatoms. The summed E-state index contributed by atoms with van der Waals surface area (Å²) in [6.45, 7) is 2.94. The van der Waals surface area contributed by atoms with E-state index in [0.717, 1.165) is 25.0 Å². The van der Waals surface area contributed by atoms with Gasteiger partial charge in [-0.05, 0) is 49.1 Å². The van der Waals surface area contributed by atoms with E-state index in [1.54, 1.807) is 6.20 Å². The van der Waals surface area contributed by atoms with E-state index in [9.17, 15) is 0 Å². The smallest absolute Gasteiger partial charge is 0.140 e. The molecule has 0 saturated heterocycles. The molecule has 0 saturated carbocycles. The van der Waals surface area contributed by atoms with Gasteiger partial charge in [-0.15, -0.1) is 0 Å². The van der Waals surface area contributed by atoms with Gasteiger partial charge < -0.3 is 10.3 Å². The van der Waals surface area contributed by atoms with Crippen LogP contribution >= 0.6 is 0 Å². The van der Waals surface area contributed by atoms with Gasteiger partial charge in [-0.1, -0.05) is 6.07 Å². The molecule has 0 aliphatic rings. The Hall–Kier alpha value is -2.20. The molecule has 0 aromatic carbocycles. The summed E-state index contributed by atoms with van der Waals surface area (Å²) >= 11 is 0. The van der Waals surface area contributed by atoms with Crippen LogP contribution in [0.2, 0.25) is 0 Å². The molecular weight excluding hydrogens is 260 g/mol. The summed E-state index contributed by atoms with van der Waals surface area (Å²) in [6.07, 6.45) is 9.59. The molecule has 0 aliphatic carbocycles. The molecule has 4 nitrogen and oxygen atoms in total. The topological polar surface area (TPSA) is 56.7 Å². The van der Waals surface area contributed by atoms with E-state index in [1.165, 1.54) is 16.5 Å². The molecule has 0 bridgehead atoms. The van der Waals surface area contributed by atoms with Gasteiger partial charge >= 0.3 is 0 Å². The Morgan fingerprint density at radius 1 is 1.24 bits per heavy atom. The van der Waals surface area contributed by atoms with Crippen molar-refractivity contribution in [2.24, 2.45) is 5.73 Å². The average molecular weight is 280 g/mol. The number of hydrogen-bond donors (Lipinski definition) is 1. The average Bonchev–Trinajstić information content (AvgIpc) is 2.84. The maximum atomic E-state index is 5.95. The third-order valence-corrected chi connectivity index (χ3v) is 3.62. The highest BCUT2D eigenvalue weighted by atomic mass is 15.0. The number of pyridine rings is 2. The SMILES string of the molecule is CC(N)Cc1cn(CCc2cccnc2)c2ncccc12. The number of rotatable bonds is 5. The van der Waals surface area contributed by atoms with E-state index in [2.05, 4.69) is 32.9 Å². The Kier molecular flexibility index (Phi) is 3.97. The molecule has 0 aliphatic heterocycles. The number of nitrogens with zero attached hydrogens (tertiary/aromatic N) is 3. The van der Waals surface area contributed by atoms with Gasteiger partial charge in [0.15, 0.2) is 0 Å². The normalized spacial score (nSPS) is 12.7. The van der Waals surface area contributed by atoms with Crippen LogP contribution in [0.1, 0.15) is 18.1 Å². The van der Waals surface area contributed by atoms with E-state index >= 15 is 0 Å². The maximum Gasteiger partial charge on any atom is 0.140 e. The second kappa shape index (κ2) is 6.06. The molecule has 0 fully saturated rings. The summed E-state index contributed by atoms with van der Waals surface area (Å²) in [4.78, 5) is 8.69. The predicted molar refractivity (Wildman–Crippen MR) is 85.0 cm³/mol. The predicted octanol–water partition coefficient (Wildman–Crippen LogP) is 2.56. The van der Waals surface area contributed by atoms with Crippen molar-refractivity contribution >= 4 is 11.0 Å². The zero-order chi connectivity index (χ0) is 14.7. The molecule has 21 heavy (non-hydrogen) atoms. The van der Waals surface area contributed by atoms with Gasteiger partial charge in [0.25, 0.3) is 0 Å². The first kappa shape index (κ1) is 13.8. The highest BCUT2D eigenvalue weighted by molar-refractivity contribution is 5.80. The molecule has 3 aromatic heterocycles. The van der Waals surface area contributed by atoms with E-state index < -0.39 is 0 Å². The summed E-state index contributed by atoms with van der Waals surface area (Å²) in [5.74, 6) is 0. The van der Waals surface area contributed by atoms with Crippen LogP contribution in [0.25, 0.3) is 11.0 Å². The molecule has 0 radical (unpaired) electrons. The van der Waals surface area contributed by atoms with E-state index in [-0.39, 0.29) is 6.04 Å². The lowest BCUT2D eigenvalue weighted by Crippen LogP contribution is -2.17. The third-order valence-electron chi connectivity index (χ3n) is 3.62. The van der Waals surface area contributed by atoms with Crippen molar-refractivity contribution < 1.29 is 0 Å². The van der Waals surface area contributed by atoms with Gasteiger partial charge in [-0.25, -0.2) is 4.98 Å². The zero-order valence-corrected chi connectivity index (χ0v) is 12.2. The molecule has 1 unspecified atom stereocenters. The van der Waals surface area contributed by atoms with Crippen molar-refractivity contribution in [2.75, 3.05) is 0 Å². The number of nitrogens with two attached hydrogens (primary N) is 1. The lowest BCUT2D eigenvalue weighted by Gasteiger charge is -2.04. The largest absolute Gasteiger partial charge is 0.332 e. The first-order valence-corrected chi connectivity index (χ1v) is 7.31. The lowest BCUT2D eigenvalue weighted by molar-refractivity contribution is 0.701. The number of fused-ring (bicyclic) bond motifs is 1. The highest BCUT2D eigenvalue weighted by Crippen LogP contribution is 2.21. The first-order chi connectivity index (χ1) is 10.2. The van der Waals surface area contributed by atoms with E-state index in [0.29, 0.717) is 0 Å². The van der Waals surface area contributed by atoms with Crippen LogP contribution in [0, 0.1) is 0 Å². The molecule has 3 aromatic rings.